The fraction of sp³-hybridized carbons (Fsp3) is 0.615. The smallest absolute Gasteiger partial charge is 0.254 e. The predicted molar refractivity (Wildman–Crippen MR) is 70.5 cm³/mol. The van der Waals surface area contributed by atoms with Crippen molar-refractivity contribution in [1.82, 2.24) is 15.3 Å². The van der Waals surface area contributed by atoms with Gasteiger partial charge in [-0.3, -0.25) is 4.79 Å². The number of aromatic nitrogens is 2. The Morgan fingerprint density at radius 1 is 1.33 bits per heavy atom. The van der Waals surface area contributed by atoms with Gasteiger partial charge in [-0.2, -0.15) is 0 Å². The molecule has 2 rings (SSSR count). The van der Waals surface area contributed by atoms with Crippen LogP contribution in [-0.4, -0.2) is 28.5 Å². The SMILES string of the molecule is CCCNC(=O)c1cnc(NC2CCCC2)nc1. The van der Waals surface area contributed by atoms with E-state index in [0.717, 1.165) is 6.42 Å². The molecule has 0 atom stereocenters. The maximum absolute atomic E-state index is 11.6. The highest BCUT2D eigenvalue weighted by Gasteiger charge is 2.15. The van der Waals surface area contributed by atoms with Crippen molar-refractivity contribution >= 4 is 11.9 Å². The van der Waals surface area contributed by atoms with Crippen molar-refractivity contribution in [1.29, 1.82) is 0 Å². The molecule has 1 aromatic rings. The lowest BCUT2D eigenvalue weighted by atomic mass is 10.2. The molecule has 0 aromatic carbocycles. The van der Waals surface area contributed by atoms with Crippen molar-refractivity contribution in [2.75, 3.05) is 11.9 Å². The molecule has 1 aliphatic carbocycles. The van der Waals surface area contributed by atoms with Gasteiger partial charge in [0.25, 0.3) is 5.91 Å². The topological polar surface area (TPSA) is 66.9 Å². The van der Waals surface area contributed by atoms with Gasteiger partial charge in [-0.05, 0) is 19.3 Å². The third kappa shape index (κ3) is 3.42. The standard InChI is InChI=1S/C13H20N4O/c1-2-7-14-12(18)10-8-15-13(16-9-10)17-11-5-3-4-6-11/h8-9,11H,2-7H2,1H3,(H,14,18)(H,15,16,17). The van der Waals surface area contributed by atoms with Crippen molar-refractivity contribution in [2.24, 2.45) is 0 Å². The van der Waals surface area contributed by atoms with Gasteiger partial charge >= 0.3 is 0 Å². The normalized spacial score (nSPS) is 15.6. The van der Waals surface area contributed by atoms with Crippen LogP contribution in [0, 0.1) is 0 Å². The molecule has 0 radical (unpaired) electrons. The highest BCUT2D eigenvalue weighted by atomic mass is 16.1. The second-order valence-electron chi connectivity index (χ2n) is 4.68. The molecule has 1 amide bonds. The van der Waals surface area contributed by atoms with Crippen molar-refractivity contribution in [2.45, 2.75) is 45.1 Å². The van der Waals surface area contributed by atoms with Gasteiger partial charge < -0.3 is 10.6 Å². The summed E-state index contributed by atoms with van der Waals surface area (Å²) in [7, 11) is 0. The van der Waals surface area contributed by atoms with Crippen LogP contribution >= 0.6 is 0 Å². The molecule has 5 heteroatoms. The number of hydrogen-bond donors (Lipinski definition) is 2. The first kappa shape index (κ1) is 12.8. The van der Waals surface area contributed by atoms with E-state index in [1.165, 1.54) is 25.7 Å². The second-order valence-corrected chi connectivity index (χ2v) is 4.68. The van der Waals surface area contributed by atoms with Crippen LogP contribution in [0.5, 0.6) is 0 Å². The van der Waals surface area contributed by atoms with Gasteiger partial charge in [0.05, 0.1) is 5.56 Å². The molecular formula is C13H20N4O. The van der Waals surface area contributed by atoms with E-state index in [0.29, 0.717) is 24.1 Å². The van der Waals surface area contributed by atoms with Gasteiger partial charge in [0.2, 0.25) is 5.95 Å². The first-order valence-electron chi connectivity index (χ1n) is 6.66. The Balaban J connectivity index is 1.90. The van der Waals surface area contributed by atoms with Crippen LogP contribution in [0.2, 0.25) is 0 Å². The van der Waals surface area contributed by atoms with E-state index in [1.54, 1.807) is 12.4 Å². The molecule has 1 aliphatic rings. The van der Waals surface area contributed by atoms with Gasteiger partial charge in [0.15, 0.2) is 0 Å². The molecule has 0 unspecified atom stereocenters. The average molecular weight is 248 g/mol. The number of rotatable bonds is 5. The summed E-state index contributed by atoms with van der Waals surface area (Å²) in [5.41, 5.74) is 0.514. The number of carbonyl (C=O) groups is 1. The Labute approximate surface area is 107 Å². The van der Waals surface area contributed by atoms with Crippen LogP contribution in [-0.2, 0) is 0 Å². The first-order chi connectivity index (χ1) is 8.79. The lowest BCUT2D eigenvalue weighted by Crippen LogP contribution is -2.24. The highest BCUT2D eigenvalue weighted by Crippen LogP contribution is 2.20. The lowest BCUT2D eigenvalue weighted by molar-refractivity contribution is 0.0953. The monoisotopic (exact) mass is 248 g/mol. The van der Waals surface area contributed by atoms with E-state index in [-0.39, 0.29) is 5.91 Å². The summed E-state index contributed by atoms with van der Waals surface area (Å²) in [5, 5.41) is 6.10. The largest absolute Gasteiger partial charge is 0.352 e. The van der Waals surface area contributed by atoms with E-state index in [1.807, 2.05) is 6.92 Å². The molecule has 0 spiro atoms. The third-order valence-electron chi connectivity index (χ3n) is 3.14. The van der Waals surface area contributed by atoms with E-state index in [9.17, 15) is 4.79 Å². The summed E-state index contributed by atoms with van der Waals surface area (Å²) < 4.78 is 0. The molecule has 98 valence electrons. The van der Waals surface area contributed by atoms with Crippen LogP contribution in [0.4, 0.5) is 5.95 Å². The predicted octanol–water partition coefficient (Wildman–Crippen LogP) is 1.97. The summed E-state index contributed by atoms with van der Waals surface area (Å²) in [6, 6.07) is 0.491. The van der Waals surface area contributed by atoms with Crippen molar-refractivity contribution < 1.29 is 4.79 Å². The van der Waals surface area contributed by atoms with E-state index in [2.05, 4.69) is 20.6 Å². The van der Waals surface area contributed by atoms with Crippen LogP contribution in [0.1, 0.15) is 49.4 Å². The molecule has 2 N–H and O–H groups in total. The zero-order valence-electron chi connectivity index (χ0n) is 10.8. The van der Waals surface area contributed by atoms with Gasteiger partial charge in [0, 0.05) is 25.0 Å². The lowest BCUT2D eigenvalue weighted by Gasteiger charge is -2.11. The number of amides is 1. The Hall–Kier alpha value is -1.65. The minimum atomic E-state index is -0.107. The molecule has 1 fully saturated rings. The summed E-state index contributed by atoms with van der Waals surface area (Å²) in [6.45, 7) is 2.70. The van der Waals surface area contributed by atoms with Gasteiger partial charge in [-0.25, -0.2) is 9.97 Å². The Morgan fingerprint density at radius 2 is 2.00 bits per heavy atom. The van der Waals surface area contributed by atoms with Gasteiger partial charge in [0.1, 0.15) is 0 Å². The van der Waals surface area contributed by atoms with Gasteiger partial charge in [-0.1, -0.05) is 19.8 Å². The van der Waals surface area contributed by atoms with Crippen molar-refractivity contribution in [3.63, 3.8) is 0 Å². The minimum absolute atomic E-state index is 0.107. The molecular weight excluding hydrogens is 228 g/mol. The Kier molecular flexibility index (Phi) is 4.50. The molecule has 1 saturated carbocycles. The number of nitrogens with one attached hydrogen (secondary N) is 2. The number of anilines is 1. The molecule has 1 heterocycles. The minimum Gasteiger partial charge on any atom is -0.352 e. The maximum atomic E-state index is 11.6. The third-order valence-corrected chi connectivity index (χ3v) is 3.14. The molecule has 18 heavy (non-hydrogen) atoms. The summed E-state index contributed by atoms with van der Waals surface area (Å²) in [6.07, 6.45) is 8.99. The van der Waals surface area contributed by atoms with Gasteiger partial charge in [-0.15, -0.1) is 0 Å². The van der Waals surface area contributed by atoms with Crippen LogP contribution in [0.3, 0.4) is 0 Å². The Bertz CT molecular complexity index is 384. The zero-order valence-corrected chi connectivity index (χ0v) is 10.8. The van der Waals surface area contributed by atoms with Crippen molar-refractivity contribution in [3.8, 4) is 0 Å². The quantitative estimate of drug-likeness (QED) is 0.836. The fourth-order valence-electron chi connectivity index (χ4n) is 2.11. The Morgan fingerprint density at radius 3 is 2.61 bits per heavy atom. The molecule has 5 nitrogen and oxygen atoms in total. The number of hydrogen-bond acceptors (Lipinski definition) is 4. The van der Waals surface area contributed by atoms with E-state index in [4.69, 9.17) is 0 Å². The molecule has 0 saturated heterocycles. The van der Waals surface area contributed by atoms with Crippen LogP contribution < -0.4 is 10.6 Å². The zero-order chi connectivity index (χ0) is 12.8. The fourth-order valence-corrected chi connectivity index (χ4v) is 2.11. The average Bonchev–Trinajstić information content (AvgIpc) is 2.89. The summed E-state index contributed by atoms with van der Waals surface area (Å²) >= 11 is 0. The molecule has 1 aromatic heterocycles. The van der Waals surface area contributed by atoms with E-state index >= 15 is 0 Å². The summed E-state index contributed by atoms with van der Waals surface area (Å²) in [4.78, 5) is 20.0. The maximum Gasteiger partial charge on any atom is 0.254 e. The highest BCUT2D eigenvalue weighted by molar-refractivity contribution is 5.93. The molecule has 0 aliphatic heterocycles. The summed E-state index contributed by atoms with van der Waals surface area (Å²) in [5.74, 6) is 0.512. The second kappa shape index (κ2) is 6.33. The van der Waals surface area contributed by atoms with Crippen LogP contribution in [0.15, 0.2) is 12.4 Å². The first-order valence-corrected chi connectivity index (χ1v) is 6.66. The number of carbonyl (C=O) groups excluding carboxylic acids is 1. The molecule has 0 bridgehead atoms. The van der Waals surface area contributed by atoms with Crippen molar-refractivity contribution in [3.05, 3.63) is 18.0 Å². The number of nitrogens with zero attached hydrogens (tertiary/aromatic N) is 2. The van der Waals surface area contributed by atoms with Crippen LogP contribution in [0.25, 0.3) is 0 Å². The van der Waals surface area contributed by atoms with E-state index < -0.39 is 0 Å².